The Labute approximate surface area is 311 Å². The Morgan fingerprint density at radius 3 is 2.06 bits per heavy atom. The number of carboxylic acid groups (broad SMARTS) is 1. The number of urea groups is 1. The number of carbonyl (C=O) groups excluding carboxylic acids is 4. The van der Waals surface area contributed by atoms with E-state index in [-0.39, 0.29) is 48.9 Å². The van der Waals surface area contributed by atoms with Gasteiger partial charge in [-0.2, -0.15) is 0 Å². The van der Waals surface area contributed by atoms with Gasteiger partial charge in [-0.05, 0) is 52.2 Å². The second-order valence-electron chi connectivity index (χ2n) is 17.0. The maximum absolute atomic E-state index is 14.3. The summed E-state index contributed by atoms with van der Waals surface area (Å²) in [6.45, 7) is 14.8. The van der Waals surface area contributed by atoms with Crippen LogP contribution < -0.4 is 21.3 Å². The summed E-state index contributed by atoms with van der Waals surface area (Å²) in [6.07, 6.45) is -2.55. The number of fused-ring (bicyclic) bond motifs is 1. The second-order valence-corrected chi connectivity index (χ2v) is 19.1. The molecule has 0 radical (unpaired) electrons. The topological polar surface area (TPSA) is 194 Å². The molecular formula is C36H56F2N6O8S. The number of alkyl halides is 2. The highest BCUT2D eigenvalue weighted by Crippen LogP contribution is 2.65. The molecule has 2 unspecified atom stereocenters. The molecule has 1 saturated carbocycles. The molecule has 53 heavy (non-hydrogen) atoms. The van der Waals surface area contributed by atoms with Gasteiger partial charge in [-0.25, -0.2) is 31.1 Å². The molecule has 14 nitrogen and oxygen atoms in total. The van der Waals surface area contributed by atoms with Gasteiger partial charge >= 0.3 is 12.0 Å². The van der Waals surface area contributed by atoms with Crippen LogP contribution in [0.1, 0.15) is 77.7 Å². The maximum Gasteiger partial charge on any atom is 0.335 e. The molecule has 1 heterocycles. The number of carboxylic acids is 1. The van der Waals surface area contributed by atoms with Crippen LogP contribution in [0.25, 0.3) is 0 Å². The molecule has 1 aliphatic heterocycles. The molecule has 17 heteroatoms. The average Bonchev–Trinajstić information content (AvgIpc) is 3.32. The zero-order valence-electron chi connectivity index (χ0n) is 32.2. The Morgan fingerprint density at radius 2 is 1.57 bits per heavy atom. The smallest absolute Gasteiger partial charge is 0.335 e. The third kappa shape index (κ3) is 11.1. The Morgan fingerprint density at radius 1 is 0.981 bits per heavy atom. The van der Waals surface area contributed by atoms with Gasteiger partial charge in [0.25, 0.3) is 0 Å². The molecule has 0 aromatic heterocycles. The Kier molecular flexibility index (Phi) is 13.3. The van der Waals surface area contributed by atoms with Crippen molar-refractivity contribution in [3.63, 3.8) is 0 Å². The van der Waals surface area contributed by atoms with Crippen LogP contribution in [0.2, 0.25) is 0 Å². The highest BCUT2D eigenvalue weighted by molar-refractivity contribution is 7.88. The summed E-state index contributed by atoms with van der Waals surface area (Å²) >= 11 is 0. The van der Waals surface area contributed by atoms with Crippen molar-refractivity contribution in [2.75, 3.05) is 32.9 Å². The van der Waals surface area contributed by atoms with E-state index in [0.29, 0.717) is 5.56 Å². The summed E-state index contributed by atoms with van der Waals surface area (Å²) < 4.78 is 52.8. The number of piperidine rings is 1. The molecule has 2 aliphatic rings. The number of hydrogen-bond donors (Lipinski definition) is 5. The molecule has 5 amide bonds. The van der Waals surface area contributed by atoms with Crippen LogP contribution in [0.4, 0.5) is 13.6 Å². The lowest BCUT2D eigenvalue weighted by atomic mass is 9.85. The number of likely N-dealkylation sites (N-methyl/N-ethyl adjacent to an activating group) is 1. The highest BCUT2D eigenvalue weighted by Gasteiger charge is 2.70. The number of hydrogen-bond acceptors (Lipinski definition) is 7. The van der Waals surface area contributed by atoms with E-state index in [9.17, 15) is 41.2 Å². The van der Waals surface area contributed by atoms with E-state index in [1.807, 2.05) is 34.6 Å². The van der Waals surface area contributed by atoms with Crippen molar-refractivity contribution in [3.05, 3.63) is 35.4 Å². The van der Waals surface area contributed by atoms with Crippen molar-refractivity contribution in [2.24, 2.45) is 28.1 Å². The van der Waals surface area contributed by atoms with Crippen molar-refractivity contribution in [1.29, 1.82) is 0 Å². The minimum atomic E-state index is -3.55. The number of nitrogens with one attached hydrogen (secondary N) is 4. The van der Waals surface area contributed by atoms with Gasteiger partial charge in [-0.1, -0.05) is 67.5 Å². The largest absolute Gasteiger partial charge is 0.478 e. The van der Waals surface area contributed by atoms with Gasteiger partial charge in [0.2, 0.25) is 34.2 Å². The summed E-state index contributed by atoms with van der Waals surface area (Å²) in [5.41, 5.74) is -0.974. The Bertz CT molecular complexity index is 1640. The first-order valence-electron chi connectivity index (χ1n) is 17.6. The van der Waals surface area contributed by atoms with Gasteiger partial charge < -0.3 is 31.3 Å². The number of amides is 5. The quantitative estimate of drug-likeness (QED) is 0.180. The molecule has 0 spiro atoms. The van der Waals surface area contributed by atoms with Crippen LogP contribution in [0.5, 0.6) is 0 Å². The van der Waals surface area contributed by atoms with Crippen molar-refractivity contribution in [1.82, 2.24) is 30.5 Å². The van der Waals surface area contributed by atoms with E-state index in [0.717, 1.165) is 10.6 Å². The van der Waals surface area contributed by atoms with E-state index >= 15 is 0 Å². The van der Waals surface area contributed by atoms with Gasteiger partial charge in [0, 0.05) is 39.1 Å². The number of halogens is 2. The van der Waals surface area contributed by atoms with E-state index in [2.05, 4.69) is 21.3 Å². The number of benzene rings is 1. The first-order chi connectivity index (χ1) is 24.2. The van der Waals surface area contributed by atoms with Crippen molar-refractivity contribution in [3.8, 4) is 0 Å². The van der Waals surface area contributed by atoms with E-state index < -0.39 is 87.6 Å². The van der Waals surface area contributed by atoms with Crippen LogP contribution in [-0.2, 0) is 30.8 Å². The van der Waals surface area contributed by atoms with Gasteiger partial charge in [0.1, 0.15) is 18.1 Å². The third-order valence-corrected chi connectivity index (χ3v) is 11.7. The summed E-state index contributed by atoms with van der Waals surface area (Å²) in [4.78, 5) is 67.4. The molecule has 1 aliphatic carbocycles. The molecule has 298 valence electrons. The number of sulfonamides is 1. The molecule has 3 rings (SSSR count). The predicted molar refractivity (Wildman–Crippen MR) is 195 cm³/mol. The Balaban J connectivity index is 1.78. The summed E-state index contributed by atoms with van der Waals surface area (Å²) in [5, 5.41) is 19.7. The molecule has 1 aromatic rings. The first-order valence-corrected chi connectivity index (χ1v) is 19.5. The van der Waals surface area contributed by atoms with Crippen LogP contribution in [0, 0.1) is 28.1 Å². The normalized spacial score (nSPS) is 21.3. The highest BCUT2D eigenvalue weighted by atomic mass is 32.2. The van der Waals surface area contributed by atoms with Crippen LogP contribution in [-0.4, -0.2) is 116 Å². The van der Waals surface area contributed by atoms with Gasteiger partial charge in [-0.3, -0.25) is 14.4 Å². The lowest BCUT2D eigenvalue weighted by Crippen LogP contribution is -2.62. The number of carbonyl (C=O) groups is 5. The Hall–Kier alpha value is -3.86. The molecule has 1 saturated heterocycles. The van der Waals surface area contributed by atoms with Crippen molar-refractivity contribution >= 4 is 39.7 Å². The zero-order valence-corrected chi connectivity index (χ0v) is 33.1. The third-order valence-electron chi connectivity index (χ3n) is 10.5. The standard InChI is InChI=1S/C36H56F2N6O8S/c1-34(2,3)24(19-43(9)53(10,51)52)41-33(50)42-28(35(4,5)6)31(47)44-18-22-26(36(22,7)8)27(44)30(46)40-23(17-25(37)38)29(45)39-16-15-20-11-13-21(14-12-20)32(48)49/h11-14,22-28H,15-19H2,1-10H3,(H,39,45)(H,40,46)(H,48,49)(H2,41,42,50)/t22?,23-,24+,26?,27-,28+/m0/s1. The molecule has 6 atom stereocenters. The van der Waals surface area contributed by atoms with E-state index in [1.165, 1.54) is 24.1 Å². The molecule has 5 N–H and O–H groups in total. The lowest BCUT2D eigenvalue weighted by Gasteiger charge is -2.39. The van der Waals surface area contributed by atoms with Gasteiger partial charge in [0.15, 0.2) is 0 Å². The maximum atomic E-state index is 14.3. The number of likely N-dealkylation sites (tertiary alicyclic amines) is 1. The fraction of sp³-hybridized carbons (Fsp3) is 0.694. The molecule has 1 aromatic carbocycles. The molecule has 0 bridgehead atoms. The van der Waals surface area contributed by atoms with E-state index in [1.54, 1.807) is 32.9 Å². The fourth-order valence-corrected chi connectivity index (χ4v) is 7.24. The summed E-state index contributed by atoms with van der Waals surface area (Å²) in [6, 6.07) is 0.794. The number of rotatable bonds is 15. The number of nitrogens with zero attached hydrogens (tertiary/aromatic N) is 2. The van der Waals surface area contributed by atoms with Crippen molar-refractivity contribution in [2.45, 2.75) is 98.8 Å². The van der Waals surface area contributed by atoms with Crippen LogP contribution >= 0.6 is 0 Å². The minimum Gasteiger partial charge on any atom is -0.478 e. The second kappa shape index (κ2) is 16.2. The molecular weight excluding hydrogens is 714 g/mol. The predicted octanol–water partition coefficient (Wildman–Crippen LogP) is 2.69. The molecule has 2 fully saturated rings. The first kappa shape index (κ1) is 43.5. The number of aromatic carboxylic acids is 1. The van der Waals surface area contributed by atoms with Crippen molar-refractivity contribution < 1.29 is 46.3 Å². The lowest BCUT2D eigenvalue weighted by molar-refractivity contribution is -0.144. The summed E-state index contributed by atoms with van der Waals surface area (Å²) in [7, 11) is -2.15. The van der Waals surface area contributed by atoms with Crippen LogP contribution in [0.15, 0.2) is 24.3 Å². The zero-order chi connectivity index (χ0) is 40.4. The van der Waals surface area contributed by atoms with E-state index in [4.69, 9.17) is 5.11 Å². The fourth-order valence-electron chi connectivity index (χ4n) is 6.82. The van der Waals surface area contributed by atoms with Gasteiger partial charge in [0.05, 0.1) is 11.8 Å². The van der Waals surface area contributed by atoms with Crippen LogP contribution in [0.3, 0.4) is 0 Å². The average molecular weight is 771 g/mol. The summed E-state index contributed by atoms with van der Waals surface area (Å²) in [5.74, 6) is -3.62. The minimum absolute atomic E-state index is 0.0239. The van der Waals surface area contributed by atoms with Gasteiger partial charge in [-0.15, -0.1) is 0 Å². The monoisotopic (exact) mass is 770 g/mol. The SMILES string of the molecule is CN(C[C@@H](NC(=O)N[C@H](C(=O)N1CC2C([C@H]1C(=O)N[C@@H](CC(F)F)C(=O)NCCc1ccc(C(=O)O)cc1)C2(C)C)C(C)(C)C)C(C)(C)C)S(C)(=O)=O.